The van der Waals surface area contributed by atoms with Crippen LogP contribution in [0.2, 0.25) is 0 Å². The Bertz CT molecular complexity index is 1080. The molecular formula is C16H13F3N4O3S. The summed E-state index contributed by atoms with van der Waals surface area (Å²) in [7, 11) is -4.21. The molecule has 1 heterocycles. The van der Waals surface area contributed by atoms with Crippen molar-refractivity contribution < 1.29 is 26.4 Å². The number of hydrogen-bond acceptors (Lipinski definition) is 4. The van der Waals surface area contributed by atoms with E-state index in [1.54, 1.807) is 24.3 Å². The molecule has 0 saturated carbocycles. The summed E-state index contributed by atoms with van der Waals surface area (Å²) in [5, 5.41) is 0. The molecule has 0 atom stereocenters. The lowest BCUT2D eigenvalue weighted by atomic mass is 10.2. The average molecular weight is 398 g/mol. The van der Waals surface area contributed by atoms with Crippen LogP contribution in [0.15, 0.2) is 59.8 Å². The molecule has 0 spiro atoms. The van der Waals surface area contributed by atoms with Crippen molar-refractivity contribution in [3.05, 3.63) is 60.4 Å². The number of para-hydroxylation sites is 2. The summed E-state index contributed by atoms with van der Waals surface area (Å²) in [4.78, 5) is 17.5. The number of aromatic nitrogens is 2. The molecule has 11 heteroatoms. The number of hydrogen-bond donors (Lipinski definition) is 2. The van der Waals surface area contributed by atoms with Crippen LogP contribution in [0.25, 0.3) is 11.0 Å². The largest absolute Gasteiger partial charge is 0.416 e. The first-order valence-corrected chi connectivity index (χ1v) is 9.03. The van der Waals surface area contributed by atoms with E-state index < -0.39 is 32.6 Å². The first kappa shape index (κ1) is 18.9. The van der Waals surface area contributed by atoms with Crippen LogP contribution in [0, 0.1) is 0 Å². The van der Waals surface area contributed by atoms with Crippen molar-refractivity contribution in [2.45, 2.75) is 17.6 Å². The molecule has 1 amide bonds. The molecule has 0 aliphatic rings. The minimum atomic E-state index is -4.57. The van der Waals surface area contributed by atoms with E-state index in [9.17, 15) is 26.4 Å². The van der Waals surface area contributed by atoms with Crippen molar-refractivity contribution in [2.75, 3.05) is 0 Å². The Morgan fingerprint density at radius 1 is 1.07 bits per heavy atom. The summed E-state index contributed by atoms with van der Waals surface area (Å²) < 4.78 is 63.3. The van der Waals surface area contributed by atoms with Crippen LogP contribution in [0.3, 0.4) is 0 Å². The molecule has 0 fully saturated rings. The first-order chi connectivity index (χ1) is 12.7. The topological polar surface area (TPSA) is 93.1 Å². The smallest absolute Gasteiger partial charge is 0.321 e. The molecule has 0 bridgehead atoms. The summed E-state index contributed by atoms with van der Waals surface area (Å²) in [5.41, 5.74) is 2.42. The van der Waals surface area contributed by atoms with Crippen molar-refractivity contribution in [3.63, 3.8) is 0 Å². The molecule has 2 N–H and O–H groups in total. The molecule has 3 aromatic rings. The number of nitrogens with one attached hydrogen (secondary N) is 2. The number of nitrogens with zero attached hydrogens (tertiary/aromatic N) is 2. The van der Waals surface area contributed by atoms with Gasteiger partial charge in [0.25, 0.3) is 15.9 Å². The average Bonchev–Trinajstić information content (AvgIpc) is 3.03. The maximum absolute atomic E-state index is 12.5. The van der Waals surface area contributed by atoms with Crippen LogP contribution < -0.4 is 10.3 Å². The van der Waals surface area contributed by atoms with Crippen molar-refractivity contribution >= 4 is 27.0 Å². The van der Waals surface area contributed by atoms with Crippen molar-refractivity contribution in [1.82, 2.24) is 19.8 Å². The molecule has 0 unspecified atom stereocenters. The quantitative estimate of drug-likeness (QED) is 0.644. The van der Waals surface area contributed by atoms with Crippen LogP contribution in [-0.2, 0) is 27.5 Å². The molecule has 1 aromatic heterocycles. The van der Waals surface area contributed by atoms with Crippen molar-refractivity contribution in [1.29, 1.82) is 0 Å². The zero-order valence-electron chi connectivity index (χ0n) is 13.6. The number of carbonyl (C=O) groups excluding carboxylic acids is 1. The minimum Gasteiger partial charge on any atom is -0.321 e. The molecular weight excluding hydrogens is 385 g/mol. The van der Waals surface area contributed by atoms with Gasteiger partial charge in [-0.25, -0.2) is 13.4 Å². The van der Waals surface area contributed by atoms with Crippen LogP contribution in [0.4, 0.5) is 13.2 Å². The highest BCUT2D eigenvalue weighted by Crippen LogP contribution is 2.29. The molecule has 0 aliphatic heterocycles. The predicted octanol–water partition coefficient (Wildman–Crippen LogP) is 2.06. The molecule has 2 aromatic carbocycles. The molecule has 3 rings (SSSR count). The first-order valence-electron chi connectivity index (χ1n) is 7.54. The number of benzene rings is 2. The second-order valence-corrected chi connectivity index (χ2v) is 7.22. The van der Waals surface area contributed by atoms with Gasteiger partial charge in [-0.05, 0) is 36.4 Å². The summed E-state index contributed by atoms with van der Waals surface area (Å²) in [6.45, 7) is -0.198. The lowest BCUT2D eigenvalue weighted by molar-refractivity contribution is -0.137. The summed E-state index contributed by atoms with van der Waals surface area (Å²) >= 11 is 0. The highest BCUT2D eigenvalue weighted by Gasteiger charge is 2.30. The monoisotopic (exact) mass is 398 g/mol. The predicted molar refractivity (Wildman–Crippen MR) is 89.6 cm³/mol. The van der Waals surface area contributed by atoms with Crippen LogP contribution in [0.1, 0.15) is 5.56 Å². The molecule has 27 heavy (non-hydrogen) atoms. The van der Waals surface area contributed by atoms with Gasteiger partial charge in [-0.1, -0.05) is 12.1 Å². The van der Waals surface area contributed by atoms with Gasteiger partial charge in [0, 0.05) is 0 Å². The van der Waals surface area contributed by atoms with E-state index in [1.165, 1.54) is 10.9 Å². The van der Waals surface area contributed by atoms with E-state index in [-0.39, 0.29) is 6.54 Å². The van der Waals surface area contributed by atoms with E-state index in [0.29, 0.717) is 23.2 Å². The highest BCUT2D eigenvalue weighted by molar-refractivity contribution is 7.89. The fraction of sp³-hybridized carbons (Fsp3) is 0.125. The van der Waals surface area contributed by atoms with Gasteiger partial charge in [-0.15, -0.1) is 4.83 Å². The Kier molecular flexibility index (Phi) is 4.89. The van der Waals surface area contributed by atoms with Crippen LogP contribution in [-0.4, -0.2) is 23.9 Å². The Morgan fingerprint density at radius 3 is 2.41 bits per heavy atom. The van der Waals surface area contributed by atoms with E-state index in [4.69, 9.17) is 0 Å². The van der Waals surface area contributed by atoms with Gasteiger partial charge in [0.2, 0.25) is 0 Å². The fourth-order valence-corrected chi connectivity index (χ4v) is 3.20. The number of amides is 1. The third-order valence-corrected chi connectivity index (χ3v) is 4.92. The molecule has 7 nitrogen and oxygen atoms in total. The normalized spacial score (nSPS) is 12.3. The Labute approximate surface area is 151 Å². The summed E-state index contributed by atoms with van der Waals surface area (Å²) in [6.07, 6.45) is -3.13. The Balaban J connectivity index is 1.65. The number of rotatable bonds is 5. The maximum atomic E-state index is 12.5. The number of imidazole rings is 1. The molecule has 0 aliphatic carbocycles. The zero-order chi connectivity index (χ0) is 19.7. The van der Waals surface area contributed by atoms with Gasteiger partial charge in [-0.3, -0.25) is 10.2 Å². The SMILES string of the molecule is O=C(Cn1cnc2ccccc21)NNS(=O)(=O)c1ccc(C(F)(F)F)cc1. The third kappa shape index (κ3) is 4.26. The van der Waals surface area contributed by atoms with Gasteiger partial charge in [0.1, 0.15) is 6.54 Å². The zero-order valence-corrected chi connectivity index (χ0v) is 14.4. The summed E-state index contributed by atoms with van der Waals surface area (Å²) in [5.74, 6) is -0.673. The Morgan fingerprint density at radius 2 is 1.74 bits per heavy atom. The van der Waals surface area contributed by atoms with Gasteiger partial charge in [0.15, 0.2) is 0 Å². The second-order valence-electron chi connectivity index (χ2n) is 5.54. The standard InChI is InChI=1S/C16H13F3N4O3S/c17-16(18,19)11-5-7-12(8-6-11)27(25,26)22-21-15(24)9-23-10-20-13-3-1-2-4-14(13)23/h1-8,10,22H,9H2,(H,21,24). The Hall–Kier alpha value is -2.92. The maximum Gasteiger partial charge on any atom is 0.416 e. The van der Waals surface area contributed by atoms with Gasteiger partial charge in [0.05, 0.1) is 27.8 Å². The highest BCUT2D eigenvalue weighted by atomic mass is 32.2. The molecule has 142 valence electrons. The second kappa shape index (κ2) is 7.00. The van der Waals surface area contributed by atoms with Crippen molar-refractivity contribution in [3.8, 4) is 0 Å². The number of fused-ring (bicyclic) bond motifs is 1. The molecule has 0 saturated heterocycles. The lowest BCUT2D eigenvalue weighted by Gasteiger charge is -2.10. The van der Waals surface area contributed by atoms with Crippen LogP contribution in [0.5, 0.6) is 0 Å². The van der Waals surface area contributed by atoms with Gasteiger partial charge < -0.3 is 4.57 Å². The van der Waals surface area contributed by atoms with Gasteiger partial charge >= 0.3 is 6.18 Å². The summed E-state index contributed by atoms with van der Waals surface area (Å²) in [6, 6.07) is 9.98. The molecule has 0 radical (unpaired) electrons. The number of alkyl halides is 3. The number of carbonyl (C=O) groups is 1. The van der Waals surface area contributed by atoms with Crippen molar-refractivity contribution in [2.24, 2.45) is 0 Å². The van der Waals surface area contributed by atoms with Gasteiger partial charge in [-0.2, -0.15) is 13.2 Å². The lowest BCUT2D eigenvalue weighted by Crippen LogP contribution is -2.43. The fourth-order valence-electron chi connectivity index (χ4n) is 2.34. The third-order valence-electron chi connectivity index (χ3n) is 3.66. The minimum absolute atomic E-state index is 0.198. The van der Waals surface area contributed by atoms with E-state index in [1.807, 2.05) is 10.3 Å². The van der Waals surface area contributed by atoms with E-state index in [0.717, 1.165) is 12.1 Å². The number of sulfonamides is 1. The van der Waals surface area contributed by atoms with E-state index in [2.05, 4.69) is 4.98 Å². The van der Waals surface area contributed by atoms with E-state index >= 15 is 0 Å². The van der Waals surface area contributed by atoms with Crippen LogP contribution >= 0.6 is 0 Å². The number of hydrazine groups is 1. The number of halogens is 3.